The largest absolute Gasteiger partial charge is 0.423 e. The SMILES string of the molecule is Cc1ccc2c(CC(=O)N3CCC(c4cc(=O)[nH]c(C)n4)CC3)cc(=O)oc2c1. The molecule has 1 amide bonds. The lowest BCUT2D eigenvalue weighted by molar-refractivity contribution is -0.131. The fourth-order valence-electron chi connectivity index (χ4n) is 3.99. The molecule has 4 rings (SSSR count). The van der Waals surface area contributed by atoms with Gasteiger partial charge in [-0.15, -0.1) is 0 Å². The minimum absolute atomic E-state index is 0.00836. The number of nitrogens with zero attached hydrogens (tertiary/aromatic N) is 2. The Bertz CT molecular complexity index is 1190. The molecule has 1 aliphatic rings. The van der Waals surface area contributed by atoms with Crippen LogP contribution < -0.4 is 11.2 Å². The summed E-state index contributed by atoms with van der Waals surface area (Å²) in [6.45, 7) is 4.91. The molecule has 1 saturated heterocycles. The van der Waals surface area contributed by atoms with Crippen LogP contribution in [-0.4, -0.2) is 33.9 Å². The summed E-state index contributed by atoms with van der Waals surface area (Å²) < 4.78 is 5.28. The molecule has 0 unspecified atom stereocenters. The molecule has 3 heterocycles. The molecule has 7 nitrogen and oxygen atoms in total. The van der Waals surface area contributed by atoms with Crippen LogP contribution in [-0.2, 0) is 11.2 Å². The van der Waals surface area contributed by atoms with Crippen LogP contribution >= 0.6 is 0 Å². The summed E-state index contributed by atoms with van der Waals surface area (Å²) in [4.78, 5) is 45.4. The Kier molecular flexibility index (Phi) is 5.05. The van der Waals surface area contributed by atoms with E-state index in [1.807, 2.05) is 30.0 Å². The van der Waals surface area contributed by atoms with Crippen molar-refractivity contribution in [3.8, 4) is 0 Å². The van der Waals surface area contributed by atoms with Gasteiger partial charge >= 0.3 is 5.63 Å². The monoisotopic (exact) mass is 393 g/mol. The summed E-state index contributed by atoms with van der Waals surface area (Å²) in [5.41, 5.74) is 2.40. The second-order valence-corrected chi connectivity index (χ2v) is 7.68. The van der Waals surface area contributed by atoms with E-state index in [1.165, 1.54) is 6.07 Å². The quantitative estimate of drug-likeness (QED) is 0.690. The lowest BCUT2D eigenvalue weighted by Gasteiger charge is -2.32. The molecule has 150 valence electrons. The number of H-pyrrole nitrogens is 1. The number of carbonyl (C=O) groups is 1. The highest BCUT2D eigenvalue weighted by Gasteiger charge is 2.25. The second kappa shape index (κ2) is 7.66. The number of aromatic amines is 1. The zero-order valence-electron chi connectivity index (χ0n) is 16.5. The Morgan fingerprint density at radius 1 is 1.17 bits per heavy atom. The number of hydrogen-bond donors (Lipinski definition) is 1. The normalized spacial score (nSPS) is 15.0. The Hall–Kier alpha value is -3.22. The molecule has 0 aliphatic carbocycles. The first-order chi connectivity index (χ1) is 13.9. The van der Waals surface area contributed by atoms with Crippen molar-refractivity contribution >= 4 is 16.9 Å². The van der Waals surface area contributed by atoms with E-state index in [-0.39, 0.29) is 23.8 Å². The maximum Gasteiger partial charge on any atom is 0.336 e. The highest BCUT2D eigenvalue weighted by Crippen LogP contribution is 2.27. The third kappa shape index (κ3) is 4.13. The van der Waals surface area contributed by atoms with Crippen molar-refractivity contribution in [3.05, 3.63) is 73.8 Å². The molecule has 1 aliphatic heterocycles. The summed E-state index contributed by atoms with van der Waals surface area (Å²) in [5.74, 6) is 0.773. The van der Waals surface area contributed by atoms with Gasteiger partial charge in [0.15, 0.2) is 0 Å². The second-order valence-electron chi connectivity index (χ2n) is 7.68. The first kappa shape index (κ1) is 19.1. The van der Waals surface area contributed by atoms with Crippen molar-refractivity contribution in [2.45, 2.75) is 39.0 Å². The fraction of sp³-hybridized carbons (Fsp3) is 0.364. The van der Waals surface area contributed by atoms with Gasteiger partial charge in [0, 0.05) is 36.5 Å². The number of rotatable bonds is 3. The average Bonchev–Trinajstić information content (AvgIpc) is 2.66. The van der Waals surface area contributed by atoms with E-state index in [1.54, 1.807) is 13.0 Å². The third-order valence-corrected chi connectivity index (χ3v) is 5.47. The predicted octanol–water partition coefficient (Wildman–Crippen LogP) is 2.44. The number of piperidine rings is 1. The van der Waals surface area contributed by atoms with Gasteiger partial charge in [0.2, 0.25) is 5.91 Å². The number of fused-ring (bicyclic) bond motifs is 1. The van der Waals surface area contributed by atoms with E-state index < -0.39 is 5.63 Å². The van der Waals surface area contributed by atoms with Crippen LogP contribution in [0.2, 0.25) is 0 Å². The fourth-order valence-corrected chi connectivity index (χ4v) is 3.99. The van der Waals surface area contributed by atoms with E-state index in [4.69, 9.17) is 4.42 Å². The Morgan fingerprint density at radius 3 is 2.66 bits per heavy atom. The number of hydrogen-bond acceptors (Lipinski definition) is 5. The van der Waals surface area contributed by atoms with Gasteiger partial charge in [-0.3, -0.25) is 9.59 Å². The molecule has 0 radical (unpaired) electrons. The number of aromatic nitrogens is 2. The zero-order valence-corrected chi connectivity index (χ0v) is 16.5. The van der Waals surface area contributed by atoms with E-state index in [0.717, 1.165) is 29.5 Å². The Morgan fingerprint density at radius 2 is 1.93 bits per heavy atom. The molecule has 0 atom stereocenters. The molecule has 2 aromatic heterocycles. The van der Waals surface area contributed by atoms with E-state index in [2.05, 4.69) is 9.97 Å². The van der Waals surface area contributed by atoms with Crippen LogP contribution in [0.15, 0.2) is 44.3 Å². The lowest BCUT2D eigenvalue weighted by atomic mass is 9.93. The standard InChI is InChI=1S/C22H23N3O4/c1-13-3-4-17-16(11-22(28)29-19(17)9-13)10-21(27)25-7-5-15(6-8-25)18-12-20(26)24-14(2)23-18/h3-4,9,11-12,15H,5-8,10H2,1-2H3,(H,23,24,26). The number of carbonyl (C=O) groups excluding carboxylic acids is 1. The lowest BCUT2D eigenvalue weighted by Crippen LogP contribution is -2.39. The van der Waals surface area contributed by atoms with Crippen molar-refractivity contribution in [2.75, 3.05) is 13.1 Å². The smallest absolute Gasteiger partial charge is 0.336 e. The van der Waals surface area contributed by atoms with Crippen LogP contribution in [0.5, 0.6) is 0 Å². The maximum absolute atomic E-state index is 12.9. The summed E-state index contributed by atoms with van der Waals surface area (Å²) in [6, 6.07) is 8.60. The van der Waals surface area contributed by atoms with Crippen LogP contribution in [0.1, 0.15) is 41.4 Å². The molecular formula is C22H23N3O4. The van der Waals surface area contributed by atoms with E-state index in [9.17, 15) is 14.4 Å². The zero-order chi connectivity index (χ0) is 20.5. The number of nitrogens with one attached hydrogen (secondary N) is 1. The minimum Gasteiger partial charge on any atom is -0.423 e. The van der Waals surface area contributed by atoms with Gasteiger partial charge in [-0.2, -0.15) is 0 Å². The molecule has 7 heteroatoms. The van der Waals surface area contributed by atoms with Crippen molar-refractivity contribution in [1.82, 2.24) is 14.9 Å². The van der Waals surface area contributed by atoms with Crippen LogP contribution in [0.25, 0.3) is 11.0 Å². The van der Waals surface area contributed by atoms with Gasteiger partial charge in [-0.1, -0.05) is 12.1 Å². The molecule has 0 saturated carbocycles. The van der Waals surface area contributed by atoms with Crippen molar-refractivity contribution in [2.24, 2.45) is 0 Å². The van der Waals surface area contributed by atoms with Gasteiger partial charge in [0.25, 0.3) is 5.56 Å². The Balaban J connectivity index is 1.47. The molecule has 1 aromatic carbocycles. The van der Waals surface area contributed by atoms with Crippen molar-refractivity contribution in [3.63, 3.8) is 0 Å². The summed E-state index contributed by atoms with van der Waals surface area (Å²) in [7, 11) is 0. The van der Waals surface area contributed by atoms with Gasteiger partial charge in [0.05, 0.1) is 12.1 Å². The van der Waals surface area contributed by atoms with Crippen molar-refractivity contribution in [1.29, 1.82) is 0 Å². The molecule has 1 N–H and O–H groups in total. The number of aryl methyl sites for hydroxylation is 2. The predicted molar refractivity (Wildman–Crippen MR) is 109 cm³/mol. The third-order valence-electron chi connectivity index (χ3n) is 5.47. The summed E-state index contributed by atoms with van der Waals surface area (Å²) in [6.07, 6.45) is 1.69. The number of likely N-dealkylation sites (tertiary alicyclic amines) is 1. The maximum atomic E-state index is 12.9. The molecule has 3 aromatic rings. The van der Waals surface area contributed by atoms with Crippen LogP contribution in [0.4, 0.5) is 0 Å². The van der Waals surface area contributed by atoms with Crippen molar-refractivity contribution < 1.29 is 9.21 Å². The molecule has 0 bridgehead atoms. The number of benzene rings is 1. The van der Waals surface area contributed by atoms with Crippen LogP contribution in [0.3, 0.4) is 0 Å². The Labute approximate surface area is 167 Å². The first-order valence-corrected chi connectivity index (χ1v) is 9.78. The highest BCUT2D eigenvalue weighted by molar-refractivity contribution is 5.87. The van der Waals surface area contributed by atoms with Gasteiger partial charge in [-0.25, -0.2) is 9.78 Å². The molecule has 29 heavy (non-hydrogen) atoms. The highest BCUT2D eigenvalue weighted by atomic mass is 16.4. The number of amides is 1. The topological polar surface area (TPSA) is 96.3 Å². The van der Waals surface area contributed by atoms with E-state index >= 15 is 0 Å². The summed E-state index contributed by atoms with van der Waals surface area (Å²) >= 11 is 0. The average molecular weight is 393 g/mol. The first-order valence-electron chi connectivity index (χ1n) is 9.78. The molecule has 0 spiro atoms. The molecule has 1 fully saturated rings. The van der Waals surface area contributed by atoms with Gasteiger partial charge in [-0.05, 0) is 43.9 Å². The van der Waals surface area contributed by atoms with Crippen LogP contribution in [0, 0.1) is 13.8 Å². The van der Waals surface area contributed by atoms with Gasteiger partial charge in [0.1, 0.15) is 11.4 Å². The van der Waals surface area contributed by atoms with Gasteiger partial charge < -0.3 is 14.3 Å². The summed E-state index contributed by atoms with van der Waals surface area (Å²) in [5, 5.41) is 0.793. The molecular weight excluding hydrogens is 370 g/mol. The minimum atomic E-state index is -0.444. The van der Waals surface area contributed by atoms with E-state index in [0.29, 0.717) is 30.1 Å².